The lowest BCUT2D eigenvalue weighted by Gasteiger charge is -2.07. The molecule has 0 spiro atoms. The molecule has 100 valence electrons. The van der Waals surface area contributed by atoms with Crippen molar-refractivity contribution in [2.75, 3.05) is 12.4 Å². The molecule has 0 aliphatic heterocycles. The largest absolute Gasteiger partial charge is 0.373 e. The molecule has 1 aromatic carbocycles. The Morgan fingerprint density at radius 3 is 2.63 bits per heavy atom. The third kappa shape index (κ3) is 3.41. The molecule has 6 heteroatoms. The average molecular weight is 281 g/mol. The zero-order chi connectivity index (χ0) is 13.8. The molecule has 1 heterocycles. The Balaban J connectivity index is 2.31. The fraction of sp³-hybridized carbons (Fsp3) is 0.231. The quantitative estimate of drug-likeness (QED) is 0.870. The summed E-state index contributed by atoms with van der Waals surface area (Å²) in [6.45, 7) is 1.95. The van der Waals surface area contributed by atoms with E-state index in [-0.39, 0.29) is 0 Å². The Morgan fingerprint density at radius 2 is 2.00 bits per heavy atom. The summed E-state index contributed by atoms with van der Waals surface area (Å²) in [5.41, 5.74) is 0. The van der Waals surface area contributed by atoms with Crippen molar-refractivity contribution < 1.29 is 8.78 Å². The maximum atomic E-state index is 13.6. The smallest absolute Gasteiger partial charge is 0.140 e. The number of anilines is 1. The molecule has 2 rings (SSSR count). The zero-order valence-corrected chi connectivity index (χ0v) is 11.4. The van der Waals surface area contributed by atoms with Gasteiger partial charge in [0.15, 0.2) is 0 Å². The van der Waals surface area contributed by atoms with Crippen molar-refractivity contribution >= 4 is 17.6 Å². The minimum absolute atomic E-state index is 0.337. The molecule has 3 nitrogen and oxygen atoms in total. The van der Waals surface area contributed by atoms with Crippen LogP contribution < -0.4 is 5.32 Å². The molecule has 19 heavy (non-hydrogen) atoms. The van der Waals surface area contributed by atoms with E-state index in [2.05, 4.69) is 15.3 Å². The molecular formula is C13H13F2N3S. The first-order valence-corrected chi connectivity index (χ1v) is 6.62. The third-order valence-electron chi connectivity index (χ3n) is 2.43. The minimum Gasteiger partial charge on any atom is -0.373 e. The highest BCUT2D eigenvalue weighted by Crippen LogP contribution is 2.29. The summed E-state index contributed by atoms with van der Waals surface area (Å²) in [4.78, 5) is 8.91. The van der Waals surface area contributed by atoms with E-state index >= 15 is 0 Å². The third-order valence-corrected chi connectivity index (χ3v) is 3.40. The van der Waals surface area contributed by atoms with Gasteiger partial charge in [0, 0.05) is 30.5 Å². The van der Waals surface area contributed by atoms with E-state index in [1.54, 1.807) is 13.1 Å². The molecule has 0 amide bonds. The van der Waals surface area contributed by atoms with Gasteiger partial charge in [-0.1, -0.05) is 18.7 Å². The van der Waals surface area contributed by atoms with E-state index in [0.717, 1.165) is 17.8 Å². The number of rotatable bonds is 4. The van der Waals surface area contributed by atoms with Crippen molar-refractivity contribution in [3.05, 3.63) is 41.7 Å². The highest BCUT2D eigenvalue weighted by molar-refractivity contribution is 7.99. The van der Waals surface area contributed by atoms with Crippen LogP contribution in [0.1, 0.15) is 12.7 Å². The molecule has 0 atom stereocenters. The van der Waals surface area contributed by atoms with Crippen LogP contribution in [0.3, 0.4) is 0 Å². The summed E-state index contributed by atoms with van der Waals surface area (Å²) in [5.74, 6) is 0.177. The Hall–Kier alpha value is -1.69. The fourth-order valence-corrected chi connectivity index (χ4v) is 2.32. The maximum absolute atomic E-state index is 13.6. The van der Waals surface area contributed by atoms with Gasteiger partial charge in [0.2, 0.25) is 0 Å². The summed E-state index contributed by atoms with van der Waals surface area (Å²) in [6.07, 6.45) is 0.689. The van der Waals surface area contributed by atoms with Gasteiger partial charge in [-0.2, -0.15) is 0 Å². The molecular weight excluding hydrogens is 268 g/mol. The number of nitrogens with one attached hydrogen (secondary N) is 1. The molecule has 0 saturated heterocycles. The predicted molar refractivity (Wildman–Crippen MR) is 71.4 cm³/mol. The van der Waals surface area contributed by atoms with Crippen molar-refractivity contribution in [3.63, 3.8) is 0 Å². The minimum atomic E-state index is -0.590. The Morgan fingerprint density at radius 1 is 1.21 bits per heavy atom. The summed E-state index contributed by atoms with van der Waals surface area (Å²) in [5, 5.41) is 3.56. The van der Waals surface area contributed by atoms with E-state index in [0.29, 0.717) is 28.0 Å². The molecule has 0 aliphatic rings. The number of aromatic nitrogens is 2. The standard InChI is InChI=1S/C13H13F2N3S/c1-3-11-17-12(16-2)7-13(18-11)19-10-5-4-8(14)6-9(10)15/h4-7H,3H2,1-2H3,(H,16,17,18). The maximum Gasteiger partial charge on any atom is 0.140 e. The molecule has 0 aliphatic carbocycles. The first kappa shape index (κ1) is 13.7. The Bertz CT molecular complexity index is 568. The first-order valence-electron chi connectivity index (χ1n) is 5.81. The predicted octanol–water partition coefficient (Wildman–Crippen LogP) is 3.51. The first-order chi connectivity index (χ1) is 9.12. The lowest BCUT2D eigenvalue weighted by atomic mass is 10.3. The highest BCUT2D eigenvalue weighted by atomic mass is 32.2. The van der Waals surface area contributed by atoms with E-state index in [1.807, 2.05) is 6.92 Å². The molecule has 0 unspecified atom stereocenters. The normalized spacial score (nSPS) is 10.5. The van der Waals surface area contributed by atoms with Gasteiger partial charge in [-0.15, -0.1) is 0 Å². The van der Waals surface area contributed by atoms with Gasteiger partial charge in [-0.05, 0) is 12.1 Å². The van der Waals surface area contributed by atoms with Gasteiger partial charge >= 0.3 is 0 Å². The van der Waals surface area contributed by atoms with Crippen LogP contribution in [0, 0.1) is 11.6 Å². The monoisotopic (exact) mass is 281 g/mol. The molecule has 0 radical (unpaired) electrons. The SMILES string of the molecule is CCc1nc(NC)cc(Sc2ccc(F)cc2F)n1. The number of aryl methyl sites for hydroxylation is 1. The van der Waals surface area contributed by atoms with E-state index in [4.69, 9.17) is 0 Å². The van der Waals surface area contributed by atoms with Crippen LogP contribution in [0.2, 0.25) is 0 Å². The number of halogens is 2. The lowest BCUT2D eigenvalue weighted by molar-refractivity contribution is 0.565. The van der Waals surface area contributed by atoms with Crippen LogP contribution in [-0.4, -0.2) is 17.0 Å². The number of benzene rings is 1. The second kappa shape index (κ2) is 5.97. The molecule has 1 aromatic heterocycles. The van der Waals surface area contributed by atoms with Crippen LogP contribution >= 0.6 is 11.8 Å². The van der Waals surface area contributed by atoms with Crippen molar-refractivity contribution in [1.29, 1.82) is 0 Å². The summed E-state index contributed by atoms with van der Waals surface area (Å²) in [6, 6.07) is 5.23. The van der Waals surface area contributed by atoms with Gasteiger partial charge in [0.1, 0.15) is 28.3 Å². The Kier molecular flexibility index (Phi) is 4.31. The van der Waals surface area contributed by atoms with Crippen LogP contribution in [0.5, 0.6) is 0 Å². The van der Waals surface area contributed by atoms with Gasteiger partial charge < -0.3 is 5.32 Å². The highest BCUT2D eigenvalue weighted by Gasteiger charge is 2.09. The van der Waals surface area contributed by atoms with Gasteiger partial charge in [-0.3, -0.25) is 0 Å². The Labute approximate surface area is 114 Å². The molecule has 0 fully saturated rings. The van der Waals surface area contributed by atoms with Crippen molar-refractivity contribution in [2.24, 2.45) is 0 Å². The zero-order valence-electron chi connectivity index (χ0n) is 10.6. The van der Waals surface area contributed by atoms with Crippen LogP contribution in [0.4, 0.5) is 14.6 Å². The van der Waals surface area contributed by atoms with Crippen LogP contribution in [0.15, 0.2) is 34.2 Å². The second-order valence-corrected chi connectivity index (χ2v) is 4.85. The van der Waals surface area contributed by atoms with Gasteiger partial charge in [0.05, 0.1) is 0 Å². The van der Waals surface area contributed by atoms with Crippen molar-refractivity contribution in [1.82, 2.24) is 9.97 Å². The lowest BCUT2D eigenvalue weighted by Crippen LogP contribution is -2.00. The summed E-state index contributed by atoms with van der Waals surface area (Å²) in [7, 11) is 1.76. The van der Waals surface area contributed by atoms with E-state index in [1.165, 1.54) is 12.1 Å². The molecule has 0 saturated carbocycles. The topological polar surface area (TPSA) is 37.8 Å². The molecule has 2 aromatic rings. The summed E-state index contributed by atoms with van der Waals surface area (Å²) < 4.78 is 26.4. The number of nitrogens with zero attached hydrogens (tertiary/aromatic N) is 2. The molecule has 1 N–H and O–H groups in total. The number of hydrogen-bond acceptors (Lipinski definition) is 4. The molecule has 0 bridgehead atoms. The van der Waals surface area contributed by atoms with Crippen LogP contribution in [0.25, 0.3) is 0 Å². The van der Waals surface area contributed by atoms with Crippen LogP contribution in [-0.2, 0) is 6.42 Å². The van der Waals surface area contributed by atoms with Gasteiger partial charge in [-0.25, -0.2) is 18.7 Å². The number of hydrogen-bond donors (Lipinski definition) is 1. The van der Waals surface area contributed by atoms with Crippen molar-refractivity contribution in [3.8, 4) is 0 Å². The summed E-state index contributed by atoms with van der Waals surface area (Å²) >= 11 is 1.15. The van der Waals surface area contributed by atoms with E-state index in [9.17, 15) is 8.78 Å². The van der Waals surface area contributed by atoms with E-state index < -0.39 is 11.6 Å². The second-order valence-electron chi connectivity index (χ2n) is 3.79. The fourth-order valence-electron chi connectivity index (χ4n) is 1.48. The van der Waals surface area contributed by atoms with Gasteiger partial charge in [0.25, 0.3) is 0 Å². The van der Waals surface area contributed by atoms with Crippen molar-refractivity contribution in [2.45, 2.75) is 23.3 Å². The average Bonchev–Trinajstić information content (AvgIpc) is 2.41.